The summed E-state index contributed by atoms with van der Waals surface area (Å²) in [6.45, 7) is 11.0. The molecule has 1 atom stereocenters. The molecule has 0 spiro atoms. The Morgan fingerprint density at radius 1 is 1.30 bits per heavy atom. The van der Waals surface area contributed by atoms with E-state index in [-0.39, 0.29) is 0 Å². The number of aryl methyl sites for hydroxylation is 1. The minimum atomic E-state index is 0.560. The first-order chi connectivity index (χ1) is 9.63. The molecule has 0 radical (unpaired) electrons. The van der Waals surface area contributed by atoms with Gasteiger partial charge in [0, 0.05) is 12.6 Å². The zero-order chi connectivity index (χ0) is 15.0. The third-order valence-electron chi connectivity index (χ3n) is 3.72. The maximum Gasteiger partial charge on any atom is 0.159 e. The number of nitrogens with zero attached hydrogens (tertiary/aromatic N) is 2. The van der Waals surface area contributed by atoms with Gasteiger partial charge in [-0.15, -0.1) is 0 Å². The van der Waals surface area contributed by atoms with Crippen molar-refractivity contribution in [1.29, 1.82) is 0 Å². The lowest BCUT2D eigenvalue weighted by molar-refractivity contribution is 0.366. The van der Waals surface area contributed by atoms with Gasteiger partial charge in [-0.25, -0.2) is 0 Å². The van der Waals surface area contributed by atoms with E-state index >= 15 is 0 Å². The van der Waals surface area contributed by atoms with Gasteiger partial charge in [-0.05, 0) is 38.1 Å². The molecule has 0 fully saturated rings. The van der Waals surface area contributed by atoms with E-state index in [1.165, 1.54) is 12.1 Å². The van der Waals surface area contributed by atoms with Crippen molar-refractivity contribution in [3.63, 3.8) is 0 Å². The van der Waals surface area contributed by atoms with E-state index in [0.717, 1.165) is 38.1 Å². The third kappa shape index (κ3) is 4.82. The van der Waals surface area contributed by atoms with Gasteiger partial charge >= 0.3 is 0 Å². The number of nitrogens with one attached hydrogen (secondary N) is 1. The van der Waals surface area contributed by atoms with Crippen LogP contribution >= 0.6 is 0 Å². The highest BCUT2D eigenvalue weighted by atomic mass is 16.5. The fourth-order valence-corrected chi connectivity index (χ4v) is 2.51. The summed E-state index contributed by atoms with van der Waals surface area (Å²) in [5, 5.41) is 8.08. The molecular formula is C16H31N3O. The van der Waals surface area contributed by atoms with E-state index in [4.69, 9.17) is 4.74 Å². The van der Waals surface area contributed by atoms with Crippen molar-refractivity contribution >= 4 is 0 Å². The Labute approximate surface area is 123 Å². The molecule has 0 bridgehead atoms. The summed E-state index contributed by atoms with van der Waals surface area (Å²) in [6, 6.07) is 0.560. The van der Waals surface area contributed by atoms with Crippen LogP contribution in [0.2, 0.25) is 0 Å². The highest BCUT2D eigenvalue weighted by Gasteiger charge is 2.16. The van der Waals surface area contributed by atoms with Gasteiger partial charge in [-0.2, -0.15) is 5.10 Å². The highest BCUT2D eigenvalue weighted by molar-refractivity contribution is 5.25. The third-order valence-corrected chi connectivity index (χ3v) is 3.72. The van der Waals surface area contributed by atoms with Crippen LogP contribution < -0.4 is 10.1 Å². The predicted molar refractivity (Wildman–Crippen MR) is 84.3 cm³/mol. The summed E-state index contributed by atoms with van der Waals surface area (Å²) in [4.78, 5) is 0. The molecule has 20 heavy (non-hydrogen) atoms. The van der Waals surface area contributed by atoms with Crippen LogP contribution in [-0.2, 0) is 13.0 Å². The Balaban J connectivity index is 2.68. The first kappa shape index (κ1) is 17.0. The van der Waals surface area contributed by atoms with Crippen LogP contribution in [0.3, 0.4) is 0 Å². The molecule has 1 heterocycles. The van der Waals surface area contributed by atoms with E-state index < -0.39 is 0 Å². The molecule has 0 aliphatic rings. The molecule has 1 aromatic rings. The molecule has 0 aliphatic heterocycles. The lowest BCUT2D eigenvalue weighted by Crippen LogP contribution is -2.35. The summed E-state index contributed by atoms with van der Waals surface area (Å²) in [5.41, 5.74) is 1.23. The minimum Gasteiger partial charge on any atom is -0.493 e. The maximum atomic E-state index is 5.44. The largest absolute Gasteiger partial charge is 0.493 e. The van der Waals surface area contributed by atoms with E-state index in [1.54, 1.807) is 7.11 Å². The van der Waals surface area contributed by atoms with Gasteiger partial charge in [0.2, 0.25) is 0 Å². The van der Waals surface area contributed by atoms with Gasteiger partial charge in [-0.1, -0.05) is 27.7 Å². The average molecular weight is 281 g/mol. The number of rotatable bonds is 10. The Morgan fingerprint density at radius 3 is 2.60 bits per heavy atom. The molecule has 1 aromatic heterocycles. The molecule has 0 saturated heterocycles. The summed E-state index contributed by atoms with van der Waals surface area (Å²) in [5.74, 6) is 1.58. The van der Waals surface area contributed by atoms with Crippen molar-refractivity contribution in [2.24, 2.45) is 5.92 Å². The number of ether oxygens (including phenoxy) is 1. The average Bonchev–Trinajstić information content (AvgIpc) is 2.81. The zero-order valence-electron chi connectivity index (χ0n) is 13.8. The van der Waals surface area contributed by atoms with E-state index in [0.29, 0.717) is 12.0 Å². The van der Waals surface area contributed by atoms with Crippen molar-refractivity contribution in [3.8, 4) is 5.75 Å². The van der Waals surface area contributed by atoms with Crippen molar-refractivity contribution in [2.75, 3.05) is 13.7 Å². The maximum absolute atomic E-state index is 5.44. The fraction of sp³-hybridized carbons (Fsp3) is 0.812. The molecule has 4 nitrogen and oxygen atoms in total. The number of methoxy groups -OCH3 is 1. The van der Waals surface area contributed by atoms with Gasteiger partial charge in [0.15, 0.2) is 5.75 Å². The predicted octanol–water partition coefficient (Wildman–Crippen LogP) is 3.26. The smallest absolute Gasteiger partial charge is 0.159 e. The minimum absolute atomic E-state index is 0.560. The lowest BCUT2D eigenvalue weighted by Gasteiger charge is -2.22. The molecule has 0 saturated carbocycles. The van der Waals surface area contributed by atoms with Gasteiger partial charge in [-0.3, -0.25) is 4.68 Å². The van der Waals surface area contributed by atoms with Crippen molar-refractivity contribution in [1.82, 2.24) is 15.1 Å². The van der Waals surface area contributed by atoms with Crippen LogP contribution in [-0.4, -0.2) is 29.5 Å². The molecule has 4 heteroatoms. The molecule has 0 amide bonds. The first-order valence-corrected chi connectivity index (χ1v) is 7.96. The second-order valence-electron chi connectivity index (χ2n) is 5.73. The van der Waals surface area contributed by atoms with Crippen LogP contribution in [0.4, 0.5) is 0 Å². The van der Waals surface area contributed by atoms with Crippen molar-refractivity contribution in [2.45, 2.75) is 66.0 Å². The van der Waals surface area contributed by atoms with Gasteiger partial charge < -0.3 is 10.1 Å². The first-order valence-electron chi connectivity index (χ1n) is 7.96. The molecule has 0 aliphatic carbocycles. The molecule has 1 N–H and O–H groups in total. The second-order valence-corrected chi connectivity index (χ2v) is 5.73. The van der Waals surface area contributed by atoms with Crippen LogP contribution in [0, 0.1) is 5.92 Å². The summed E-state index contributed by atoms with van der Waals surface area (Å²) in [6.07, 6.45) is 6.26. The Morgan fingerprint density at radius 2 is 2.05 bits per heavy atom. The van der Waals surface area contributed by atoms with Crippen molar-refractivity contribution in [3.05, 3.63) is 11.9 Å². The number of hydrogen-bond acceptors (Lipinski definition) is 3. The molecular weight excluding hydrogens is 250 g/mol. The number of hydrogen-bond donors (Lipinski definition) is 1. The lowest BCUT2D eigenvalue weighted by atomic mass is 9.98. The Hall–Kier alpha value is -1.03. The second kappa shape index (κ2) is 9.01. The monoisotopic (exact) mass is 281 g/mol. The highest BCUT2D eigenvalue weighted by Crippen LogP contribution is 2.21. The van der Waals surface area contributed by atoms with Crippen LogP contribution in [0.25, 0.3) is 0 Å². The quantitative estimate of drug-likeness (QED) is 0.715. The molecule has 0 aromatic carbocycles. The molecule has 116 valence electrons. The Kier molecular flexibility index (Phi) is 7.67. The van der Waals surface area contributed by atoms with Crippen LogP contribution in [0.5, 0.6) is 5.75 Å². The SMILES string of the molecule is CCCNC(CCc1c(OC)cnn1CCC)C(C)C. The van der Waals surface area contributed by atoms with Crippen LogP contribution in [0.15, 0.2) is 6.20 Å². The summed E-state index contributed by atoms with van der Waals surface area (Å²) < 4.78 is 7.54. The van der Waals surface area contributed by atoms with Gasteiger partial charge in [0.1, 0.15) is 0 Å². The number of aromatic nitrogens is 2. The topological polar surface area (TPSA) is 39.1 Å². The molecule has 1 rings (SSSR count). The normalized spacial score (nSPS) is 12.9. The van der Waals surface area contributed by atoms with Gasteiger partial charge in [0.25, 0.3) is 0 Å². The van der Waals surface area contributed by atoms with Gasteiger partial charge in [0.05, 0.1) is 19.0 Å². The zero-order valence-corrected chi connectivity index (χ0v) is 13.8. The van der Waals surface area contributed by atoms with Crippen molar-refractivity contribution < 1.29 is 4.74 Å². The van der Waals surface area contributed by atoms with E-state index in [1.807, 2.05) is 6.20 Å². The standard InChI is InChI=1S/C16H31N3O/c1-6-10-17-14(13(3)4)8-9-15-16(20-5)12-18-19(15)11-7-2/h12-14,17H,6-11H2,1-5H3. The summed E-state index contributed by atoms with van der Waals surface area (Å²) in [7, 11) is 1.73. The Bertz CT molecular complexity index is 374. The molecule has 1 unspecified atom stereocenters. The summed E-state index contributed by atoms with van der Waals surface area (Å²) >= 11 is 0. The van der Waals surface area contributed by atoms with Crippen LogP contribution in [0.1, 0.15) is 52.7 Å². The van der Waals surface area contributed by atoms with E-state index in [9.17, 15) is 0 Å². The fourth-order valence-electron chi connectivity index (χ4n) is 2.51. The van der Waals surface area contributed by atoms with E-state index in [2.05, 4.69) is 42.8 Å².